The Morgan fingerprint density at radius 2 is 1.88 bits per heavy atom. The molecule has 0 heterocycles. The summed E-state index contributed by atoms with van der Waals surface area (Å²) in [5, 5.41) is 3.00. The summed E-state index contributed by atoms with van der Waals surface area (Å²) in [5.41, 5.74) is 7.29. The van der Waals surface area contributed by atoms with E-state index in [1.54, 1.807) is 0 Å². The molecule has 25 heavy (non-hydrogen) atoms. The Hall–Kier alpha value is -1.14. The van der Waals surface area contributed by atoms with Gasteiger partial charge in [-0.15, -0.1) is 12.4 Å². The number of rotatable bonds is 8. The molecule has 1 aliphatic rings. The zero-order valence-electron chi connectivity index (χ0n) is 15.6. The van der Waals surface area contributed by atoms with Crippen LogP contribution >= 0.6 is 12.4 Å². The number of nitrogens with two attached hydrogens (primary N) is 1. The van der Waals surface area contributed by atoms with E-state index in [9.17, 15) is 4.79 Å². The highest BCUT2D eigenvalue weighted by Crippen LogP contribution is 2.49. The molecule has 2 rings (SSSR count). The molecule has 2 atom stereocenters. The molecule has 0 spiro atoms. The Morgan fingerprint density at radius 3 is 2.44 bits per heavy atom. The van der Waals surface area contributed by atoms with Crippen molar-refractivity contribution < 1.29 is 14.3 Å². The predicted octanol–water partition coefficient (Wildman–Crippen LogP) is 2.79. The number of ether oxygens (including phenoxy) is 2. The quantitative estimate of drug-likeness (QED) is 0.738. The number of nitrogens with one attached hydrogen (secondary N) is 1. The zero-order chi connectivity index (χ0) is 17.8. The first-order valence-corrected chi connectivity index (χ1v) is 8.70. The molecule has 1 amide bonds. The summed E-state index contributed by atoms with van der Waals surface area (Å²) in [6.45, 7) is 10.2. The second kappa shape index (κ2) is 8.99. The fourth-order valence-electron chi connectivity index (χ4n) is 3.24. The molecule has 0 radical (unpaired) electrons. The largest absolute Gasteiger partial charge is 0.378 e. The van der Waals surface area contributed by atoms with Gasteiger partial charge in [0.1, 0.15) is 5.54 Å². The first-order valence-electron chi connectivity index (χ1n) is 8.70. The zero-order valence-corrected chi connectivity index (χ0v) is 16.4. The van der Waals surface area contributed by atoms with Gasteiger partial charge in [0.2, 0.25) is 5.91 Å². The Bertz CT molecular complexity index is 580. The smallest absolute Gasteiger partial charge is 0.241 e. The molecular formula is C19H31ClN2O3. The predicted molar refractivity (Wildman–Crippen MR) is 102 cm³/mol. The third-order valence-electron chi connectivity index (χ3n) is 5.25. The van der Waals surface area contributed by atoms with Crippen LogP contribution < -0.4 is 11.1 Å². The first-order chi connectivity index (χ1) is 11.4. The highest BCUT2D eigenvalue weighted by Gasteiger charge is 2.62. The fourth-order valence-corrected chi connectivity index (χ4v) is 3.24. The Morgan fingerprint density at radius 1 is 1.24 bits per heavy atom. The summed E-state index contributed by atoms with van der Waals surface area (Å²) in [4.78, 5) is 12.7. The van der Waals surface area contributed by atoms with Crippen molar-refractivity contribution >= 4 is 18.3 Å². The molecule has 1 fully saturated rings. The molecule has 1 aliphatic carbocycles. The number of halogens is 1. The molecule has 3 N–H and O–H groups in total. The molecule has 6 heteroatoms. The molecule has 1 saturated carbocycles. The average molecular weight is 371 g/mol. The van der Waals surface area contributed by atoms with Crippen molar-refractivity contribution in [2.24, 2.45) is 11.1 Å². The van der Waals surface area contributed by atoms with Gasteiger partial charge in [0.15, 0.2) is 0 Å². The van der Waals surface area contributed by atoms with E-state index in [0.717, 1.165) is 11.1 Å². The van der Waals surface area contributed by atoms with Crippen LogP contribution in [0.15, 0.2) is 24.3 Å². The van der Waals surface area contributed by atoms with E-state index in [-0.39, 0.29) is 29.8 Å². The molecular weight excluding hydrogens is 340 g/mol. The monoisotopic (exact) mass is 370 g/mol. The van der Waals surface area contributed by atoms with Crippen LogP contribution in [0.5, 0.6) is 0 Å². The normalized spacial score (nSPS) is 24.1. The second-order valence-corrected chi connectivity index (χ2v) is 6.93. The van der Waals surface area contributed by atoms with Gasteiger partial charge in [-0.05, 0) is 25.0 Å². The van der Waals surface area contributed by atoms with Gasteiger partial charge in [0.25, 0.3) is 0 Å². The van der Waals surface area contributed by atoms with Gasteiger partial charge in [0.05, 0.1) is 12.7 Å². The Balaban J connectivity index is 0.00000312. The lowest BCUT2D eigenvalue weighted by atomic mass is 9.54. The van der Waals surface area contributed by atoms with Gasteiger partial charge in [-0.1, -0.05) is 38.1 Å². The van der Waals surface area contributed by atoms with Crippen LogP contribution in [0.2, 0.25) is 0 Å². The molecule has 1 aromatic rings. The highest BCUT2D eigenvalue weighted by atomic mass is 35.5. The van der Waals surface area contributed by atoms with Crippen LogP contribution in [0.25, 0.3) is 0 Å². The highest BCUT2D eigenvalue weighted by molar-refractivity contribution is 5.88. The van der Waals surface area contributed by atoms with E-state index in [4.69, 9.17) is 15.2 Å². The van der Waals surface area contributed by atoms with Gasteiger partial charge in [0, 0.05) is 31.6 Å². The van der Waals surface area contributed by atoms with Crippen molar-refractivity contribution in [3.63, 3.8) is 0 Å². The minimum Gasteiger partial charge on any atom is -0.378 e. The summed E-state index contributed by atoms with van der Waals surface area (Å²) < 4.78 is 11.2. The lowest BCUT2D eigenvalue weighted by molar-refractivity contribution is -0.170. The number of hydrogen-bond donors (Lipinski definition) is 2. The van der Waals surface area contributed by atoms with Crippen LogP contribution in [-0.4, -0.2) is 30.8 Å². The minimum atomic E-state index is -0.887. The molecule has 5 nitrogen and oxygen atoms in total. The van der Waals surface area contributed by atoms with Gasteiger partial charge < -0.3 is 20.5 Å². The number of carbonyl (C=O) groups is 1. The number of carbonyl (C=O) groups excluding carboxylic acids is 1. The van der Waals surface area contributed by atoms with Gasteiger partial charge in [-0.2, -0.15) is 0 Å². The fraction of sp³-hybridized carbons (Fsp3) is 0.632. The van der Waals surface area contributed by atoms with Crippen molar-refractivity contribution in [3.8, 4) is 0 Å². The van der Waals surface area contributed by atoms with E-state index in [1.165, 1.54) is 0 Å². The van der Waals surface area contributed by atoms with Crippen molar-refractivity contribution in [2.45, 2.75) is 58.9 Å². The van der Waals surface area contributed by atoms with Gasteiger partial charge >= 0.3 is 0 Å². The second-order valence-electron chi connectivity index (χ2n) is 6.93. The lowest BCUT2D eigenvalue weighted by Crippen LogP contribution is -2.75. The molecule has 0 aliphatic heterocycles. The van der Waals surface area contributed by atoms with E-state index >= 15 is 0 Å². The van der Waals surface area contributed by atoms with Crippen LogP contribution in [0.1, 0.15) is 45.2 Å². The molecule has 0 aromatic heterocycles. The number of benzene rings is 1. The van der Waals surface area contributed by atoms with Crippen molar-refractivity contribution in [1.29, 1.82) is 0 Å². The van der Waals surface area contributed by atoms with Crippen molar-refractivity contribution in [1.82, 2.24) is 5.32 Å². The van der Waals surface area contributed by atoms with Crippen LogP contribution in [-0.2, 0) is 27.4 Å². The third-order valence-corrected chi connectivity index (χ3v) is 5.25. The van der Waals surface area contributed by atoms with Gasteiger partial charge in [-0.3, -0.25) is 4.79 Å². The summed E-state index contributed by atoms with van der Waals surface area (Å²) >= 11 is 0. The molecule has 0 saturated heterocycles. The standard InChI is InChI=1S/C19H30N2O3.ClH/c1-5-23-13-15-10-8-7-9-14(15)12-21-17(22)19(20)11-16(24-6-2)18(19,3)4;/h7-10,16H,5-6,11-13,20H2,1-4H3,(H,21,22);1H. The third kappa shape index (κ3) is 4.34. The molecule has 0 bridgehead atoms. The lowest BCUT2D eigenvalue weighted by Gasteiger charge is -2.57. The van der Waals surface area contributed by atoms with E-state index in [0.29, 0.717) is 32.8 Å². The maximum Gasteiger partial charge on any atom is 0.241 e. The summed E-state index contributed by atoms with van der Waals surface area (Å²) in [6, 6.07) is 7.97. The van der Waals surface area contributed by atoms with Crippen molar-refractivity contribution in [3.05, 3.63) is 35.4 Å². The minimum absolute atomic E-state index is 0. The first kappa shape index (κ1) is 21.9. The molecule has 1 aromatic carbocycles. The summed E-state index contributed by atoms with van der Waals surface area (Å²) in [6.07, 6.45) is 0.587. The molecule has 142 valence electrons. The Labute approximate surface area is 157 Å². The maximum atomic E-state index is 12.7. The van der Waals surface area contributed by atoms with Gasteiger partial charge in [-0.25, -0.2) is 0 Å². The summed E-state index contributed by atoms with van der Waals surface area (Å²) in [7, 11) is 0. The van der Waals surface area contributed by atoms with E-state index in [1.807, 2.05) is 52.0 Å². The SMILES string of the molecule is CCOCc1ccccc1CNC(=O)C1(N)CC(OCC)C1(C)C.Cl. The average Bonchev–Trinajstić information content (AvgIpc) is 2.58. The van der Waals surface area contributed by atoms with Crippen LogP contribution in [0.3, 0.4) is 0 Å². The summed E-state index contributed by atoms with van der Waals surface area (Å²) in [5.74, 6) is -0.116. The van der Waals surface area contributed by atoms with E-state index in [2.05, 4.69) is 5.32 Å². The molecule has 2 unspecified atom stereocenters. The number of hydrogen-bond acceptors (Lipinski definition) is 4. The maximum absolute atomic E-state index is 12.7. The van der Waals surface area contributed by atoms with E-state index < -0.39 is 5.54 Å². The van der Waals surface area contributed by atoms with Crippen LogP contribution in [0, 0.1) is 5.41 Å². The topological polar surface area (TPSA) is 73.6 Å². The number of amides is 1. The van der Waals surface area contributed by atoms with Crippen molar-refractivity contribution in [2.75, 3.05) is 13.2 Å². The van der Waals surface area contributed by atoms with Crippen LogP contribution in [0.4, 0.5) is 0 Å². The Kier molecular flexibility index (Phi) is 7.88.